The van der Waals surface area contributed by atoms with Gasteiger partial charge in [-0.3, -0.25) is 14.6 Å². The Labute approximate surface area is 137 Å². The van der Waals surface area contributed by atoms with E-state index in [1.54, 1.807) is 7.11 Å². The number of hydrogen-bond acceptors (Lipinski definition) is 4. The van der Waals surface area contributed by atoms with E-state index < -0.39 is 0 Å². The Morgan fingerprint density at radius 1 is 1.35 bits per heavy atom. The lowest BCUT2D eigenvalue weighted by molar-refractivity contribution is 0.135. The van der Waals surface area contributed by atoms with Crippen LogP contribution >= 0.6 is 0 Å². The predicted octanol–water partition coefficient (Wildman–Crippen LogP) is 2.43. The fraction of sp³-hybridized carbons (Fsp3) is 0.556. The van der Waals surface area contributed by atoms with E-state index in [0.29, 0.717) is 5.92 Å². The smallest absolute Gasteiger partial charge is 0.0801 e. The van der Waals surface area contributed by atoms with Crippen LogP contribution in [0, 0.1) is 5.92 Å². The van der Waals surface area contributed by atoms with Gasteiger partial charge >= 0.3 is 0 Å². The monoisotopic (exact) mass is 312 g/mol. The highest BCUT2D eigenvalue weighted by Crippen LogP contribution is 2.33. The van der Waals surface area contributed by atoms with Gasteiger partial charge < -0.3 is 4.74 Å². The first kappa shape index (κ1) is 14.8. The molecule has 1 atom stereocenters. The maximum Gasteiger partial charge on any atom is 0.0801 e. The summed E-state index contributed by atoms with van der Waals surface area (Å²) in [7, 11) is 1.79. The molecule has 1 aliphatic carbocycles. The maximum absolute atomic E-state index is 5.46. The third-order valence-electron chi connectivity index (χ3n) is 4.80. The minimum atomic E-state index is 0.411. The van der Waals surface area contributed by atoms with E-state index in [-0.39, 0.29) is 0 Å². The van der Waals surface area contributed by atoms with Gasteiger partial charge in [0.25, 0.3) is 0 Å². The van der Waals surface area contributed by atoms with Gasteiger partial charge in [-0.25, -0.2) is 0 Å². The third kappa shape index (κ3) is 3.46. The molecule has 0 spiro atoms. The van der Waals surface area contributed by atoms with E-state index in [4.69, 9.17) is 9.84 Å². The van der Waals surface area contributed by atoms with Gasteiger partial charge in [-0.1, -0.05) is 6.07 Å². The number of methoxy groups -OCH3 is 1. The highest BCUT2D eigenvalue weighted by Gasteiger charge is 2.29. The highest BCUT2D eigenvalue weighted by atomic mass is 16.5. The summed E-state index contributed by atoms with van der Waals surface area (Å²) in [5.74, 6) is 1.26. The molecule has 0 amide bonds. The second kappa shape index (κ2) is 6.42. The van der Waals surface area contributed by atoms with Crippen molar-refractivity contribution in [2.45, 2.75) is 38.4 Å². The van der Waals surface area contributed by atoms with Gasteiger partial charge in [-0.15, -0.1) is 0 Å². The molecular weight excluding hydrogens is 288 g/mol. The summed E-state index contributed by atoms with van der Waals surface area (Å²) in [6, 6.07) is 4.14. The Bertz CT molecular complexity index is 650. The van der Waals surface area contributed by atoms with Crippen LogP contribution in [0.4, 0.5) is 0 Å². The molecule has 1 aliphatic heterocycles. The summed E-state index contributed by atoms with van der Waals surface area (Å²) in [6.45, 7) is 4.69. The Balaban J connectivity index is 1.52. The van der Waals surface area contributed by atoms with Gasteiger partial charge in [0.2, 0.25) is 0 Å². The van der Waals surface area contributed by atoms with Crippen molar-refractivity contribution in [3.8, 4) is 0 Å². The predicted molar refractivity (Wildman–Crippen MR) is 87.9 cm³/mol. The van der Waals surface area contributed by atoms with Crippen molar-refractivity contribution in [2.24, 2.45) is 5.92 Å². The summed E-state index contributed by atoms with van der Waals surface area (Å²) >= 11 is 0. The molecule has 2 aromatic heterocycles. The first-order valence-electron chi connectivity index (χ1n) is 8.48. The number of ether oxygens (including phenoxy) is 1. The molecule has 23 heavy (non-hydrogen) atoms. The number of hydrogen-bond donors (Lipinski definition) is 0. The molecule has 1 unspecified atom stereocenters. The largest absolute Gasteiger partial charge is 0.384 e. The molecule has 2 aliphatic rings. The van der Waals surface area contributed by atoms with E-state index in [0.717, 1.165) is 38.7 Å². The van der Waals surface area contributed by atoms with Crippen LogP contribution in [-0.2, 0) is 24.4 Å². The molecule has 0 aromatic carbocycles. The topological polar surface area (TPSA) is 43.2 Å². The molecule has 5 nitrogen and oxygen atoms in total. The fourth-order valence-electron chi connectivity index (χ4n) is 3.50. The lowest BCUT2D eigenvalue weighted by Gasteiger charge is -2.31. The molecule has 0 saturated heterocycles. The Morgan fingerprint density at radius 3 is 3.00 bits per heavy atom. The second-order valence-electron chi connectivity index (χ2n) is 6.88. The normalized spacial score (nSPS) is 21.3. The summed E-state index contributed by atoms with van der Waals surface area (Å²) < 4.78 is 7.63. The number of rotatable bonds is 6. The highest BCUT2D eigenvalue weighted by molar-refractivity contribution is 5.26. The number of pyridine rings is 1. The van der Waals surface area contributed by atoms with Crippen molar-refractivity contribution in [1.82, 2.24) is 19.7 Å². The summed E-state index contributed by atoms with van der Waals surface area (Å²) in [4.78, 5) is 6.68. The van der Waals surface area contributed by atoms with Crippen molar-refractivity contribution in [3.63, 3.8) is 0 Å². The standard InChI is InChI=1S/C18H24N4O/c1-23-13-16-10-21(8-15-3-2-6-19-7-15)12-18-17(16)11-22(20-18)9-14-4-5-14/h2-3,6-7,11,14,16H,4-5,8-10,12-13H2,1H3. The van der Waals surface area contributed by atoms with E-state index in [2.05, 4.69) is 26.8 Å². The molecule has 1 saturated carbocycles. The molecular formula is C18H24N4O. The molecule has 0 bridgehead atoms. The van der Waals surface area contributed by atoms with Crippen LogP contribution in [0.3, 0.4) is 0 Å². The average Bonchev–Trinajstić information content (AvgIpc) is 3.26. The zero-order chi connectivity index (χ0) is 15.6. The third-order valence-corrected chi connectivity index (χ3v) is 4.80. The number of nitrogens with zero attached hydrogens (tertiary/aromatic N) is 4. The molecule has 122 valence electrons. The maximum atomic E-state index is 5.46. The summed E-state index contributed by atoms with van der Waals surface area (Å²) in [5, 5.41) is 4.86. The number of aromatic nitrogens is 3. The van der Waals surface area contributed by atoms with Crippen molar-refractivity contribution in [3.05, 3.63) is 47.5 Å². The summed E-state index contributed by atoms with van der Waals surface area (Å²) in [6.07, 6.45) is 8.76. The van der Waals surface area contributed by atoms with Crippen molar-refractivity contribution in [1.29, 1.82) is 0 Å². The van der Waals surface area contributed by atoms with E-state index in [1.165, 1.54) is 29.7 Å². The quantitative estimate of drug-likeness (QED) is 0.822. The Hall–Kier alpha value is -1.72. The van der Waals surface area contributed by atoms with Crippen LogP contribution in [0.1, 0.15) is 35.6 Å². The van der Waals surface area contributed by atoms with Gasteiger partial charge in [-0.05, 0) is 30.4 Å². The van der Waals surface area contributed by atoms with Crippen molar-refractivity contribution in [2.75, 3.05) is 20.3 Å². The molecule has 0 N–H and O–H groups in total. The summed E-state index contributed by atoms with van der Waals surface area (Å²) in [5.41, 5.74) is 3.86. The first-order chi connectivity index (χ1) is 11.3. The van der Waals surface area contributed by atoms with Gasteiger partial charge in [0.1, 0.15) is 0 Å². The van der Waals surface area contributed by atoms with Gasteiger partial charge in [0.15, 0.2) is 0 Å². The van der Waals surface area contributed by atoms with Crippen molar-refractivity contribution >= 4 is 0 Å². The second-order valence-corrected chi connectivity index (χ2v) is 6.88. The number of fused-ring (bicyclic) bond motifs is 1. The van der Waals surface area contributed by atoms with Crippen molar-refractivity contribution < 1.29 is 4.74 Å². The fourth-order valence-corrected chi connectivity index (χ4v) is 3.50. The lowest BCUT2D eigenvalue weighted by Crippen LogP contribution is -2.34. The van der Waals surface area contributed by atoms with Crippen LogP contribution in [0.5, 0.6) is 0 Å². The van der Waals surface area contributed by atoms with Crippen LogP contribution in [-0.4, -0.2) is 39.9 Å². The van der Waals surface area contributed by atoms with Crippen LogP contribution < -0.4 is 0 Å². The molecule has 1 fully saturated rings. The van der Waals surface area contributed by atoms with Gasteiger partial charge in [0, 0.05) is 63.4 Å². The average molecular weight is 312 g/mol. The van der Waals surface area contributed by atoms with E-state index >= 15 is 0 Å². The lowest BCUT2D eigenvalue weighted by atomic mass is 9.95. The zero-order valence-corrected chi connectivity index (χ0v) is 13.7. The molecule has 0 radical (unpaired) electrons. The van der Waals surface area contributed by atoms with Crippen LogP contribution in [0.2, 0.25) is 0 Å². The Morgan fingerprint density at radius 2 is 2.26 bits per heavy atom. The van der Waals surface area contributed by atoms with E-state index in [1.807, 2.05) is 18.5 Å². The SMILES string of the molecule is COCC1CN(Cc2cccnc2)Cc2nn(CC3CC3)cc21. The van der Waals surface area contributed by atoms with Gasteiger partial charge in [0.05, 0.1) is 12.3 Å². The van der Waals surface area contributed by atoms with Gasteiger partial charge in [-0.2, -0.15) is 5.10 Å². The molecule has 5 heteroatoms. The first-order valence-corrected chi connectivity index (χ1v) is 8.48. The minimum absolute atomic E-state index is 0.411. The zero-order valence-electron chi connectivity index (χ0n) is 13.7. The van der Waals surface area contributed by atoms with E-state index in [9.17, 15) is 0 Å². The minimum Gasteiger partial charge on any atom is -0.384 e. The Kier molecular flexibility index (Phi) is 4.14. The molecule has 2 aromatic rings. The van der Waals surface area contributed by atoms with Crippen LogP contribution in [0.25, 0.3) is 0 Å². The molecule has 4 rings (SSSR count). The molecule has 3 heterocycles. The van der Waals surface area contributed by atoms with Crippen LogP contribution in [0.15, 0.2) is 30.7 Å².